The highest BCUT2D eigenvalue weighted by molar-refractivity contribution is 5.82. The number of fused-ring (bicyclic) bond motifs is 1. The van der Waals surface area contributed by atoms with Gasteiger partial charge in [-0.25, -0.2) is 10.1 Å². The largest absolute Gasteiger partial charge is 0.348 e. The Bertz CT molecular complexity index is 849. The number of hydrazine groups is 1. The van der Waals surface area contributed by atoms with Gasteiger partial charge in [0.2, 0.25) is 5.91 Å². The van der Waals surface area contributed by atoms with Crippen LogP contribution in [0.1, 0.15) is 69.8 Å². The topological polar surface area (TPSA) is 71.0 Å². The van der Waals surface area contributed by atoms with Gasteiger partial charge in [-0.2, -0.15) is 5.10 Å². The maximum Gasteiger partial charge on any atom is 0.239 e. The lowest BCUT2D eigenvalue weighted by Gasteiger charge is -2.25. The number of carbonyl (C=O) groups is 1. The molecule has 1 aromatic carbocycles. The van der Waals surface area contributed by atoms with Gasteiger partial charge < -0.3 is 5.32 Å². The highest BCUT2D eigenvalue weighted by Crippen LogP contribution is 2.32. The minimum absolute atomic E-state index is 0.0385. The molecule has 3 atom stereocenters. The van der Waals surface area contributed by atoms with Crippen molar-refractivity contribution in [2.24, 2.45) is 0 Å². The molecule has 6 heteroatoms. The number of aromatic nitrogens is 2. The second-order valence-electron chi connectivity index (χ2n) is 9.19. The summed E-state index contributed by atoms with van der Waals surface area (Å²) >= 11 is 0. The van der Waals surface area contributed by atoms with Crippen LogP contribution >= 0.6 is 0 Å². The highest BCUT2D eigenvalue weighted by atomic mass is 16.2. The van der Waals surface area contributed by atoms with Crippen molar-refractivity contribution in [1.82, 2.24) is 25.9 Å². The van der Waals surface area contributed by atoms with E-state index in [9.17, 15) is 4.79 Å². The molecular formula is C22H31N5O. The molecule has 0 spiro atoms. The van der Waals surface area contributed by atoms with Gasteiger partial charge in [0.05, 0.1) is 17.9 Å². The smallest absolute Gasteiger partial charge is 0.239 e. The molecule has 150 valence electrons. The third kappa shape index (κ3) is 3.71. The molecule has 1 aliphatic heterocycles. The van der Waals surface area contributed by atoms with Crippen molar-refractivity contribution in [3.05, 3.63) is 47.3 Å². The lowest BCUT2D eigenvalue weighted by atomic mass is 9.87. The molecule has 3 unspecified atom stereocenters. The summed E-state index contributed by atoms with van der Waals surface area (Å²) in [7, 11) is 0. The average molecular weight is 382 g/mol. The van der Waals surface area contributed by atoms with Crippen LogP contribution in [0, 0.1) is 0 Å². The average Bonchev–Trinajstić information content (AvgIpc) is 3.28. The van der Waals surface area contributed by atoms with Crippen LogP contribution in [0.3, 0.4) is 0 Å². The zero-order valence-corrected chi connectivity index (χ0v) is 17.2. The molecule has 3 N–H and O–H groups in total. The van der Waals surface area contributed by atoms with Gasteiger partial charge in [0, 0.05) is 17.3 Å². The Morgan fingerprint density at radius 2 is 1.96 bits per heavy atom. The van der Waals surface area contributed by atoms with Gasteiger partial charge in [-0.3, -0.25) is 10.2 Å². The van der Waals surface area contributed by atoms with Crippen LogP contribution < -0.4 is 16.2 Å². The summed E-state index contributed by atoms with van der Waals surface area (Å²) < 4.78 is 2.04. The SMILES string of the molecule is CC1CC(C(=O)NC2CCCc3c2cnn3-c2ccc(C(C)(C)C)cc2)NN1. The minimum Gasteiger partial charge on any atom is -0.348 e. The number of amides is 1. The maximum absolute atomic E-state index is 12.6. The van der Waals surface area contributed by atoms with Gasteiger partial charge in [-0.1, -0.05) is 32.9 Å². The van der Waals surface area contributed by atoms with Gasteiger partial charge in [-0.15, -0.1) is 0 Å². The first-order valence-corrected chi connectivity index (χ1v) is 10.3. The molecule has 1 aliphatic carbocycles. The molecule has 1 aromatic heterocycles. The maximum atomic E-state index is 12.6. The van der Waals surface area contributed by atoms with Crippen molar-refractivity contribution >= 4 is 5.91 Å². The number of carbonyl (C=O) groups excluding carboxylic acids is 1. The Morgan fingerprint density at radius 3 is 2.61 bits per heavy atom. The van der Waals surface area contributed by atoms with Crippen LogP contribution in [0.4, 0.5) is 0 Å². The number of hydrogen-bond acceptors (Lipinski definition) is 4. The van der Waals surface area contributed by atoms with E-state index in [2.05, 4.69) is 73.2 Å². The number of benzene rings is 1. The molecule has 1 fully saturated rings. The third-order valence-corrected chi connectivity index (χ3v) is 5.89. The van der Waals surface area contributed by atoms with E-state index in [1.165, 1.54) is 11.3 Å². The molecule has 0 radical (unpaired) electrons. The summed E-state index contributed by atoms with van der Waals surface area (Å²) in [6, 6.07) is 8.85. The molecular weight excluding hydrogens is 350 g/mol. The molecule has 6 nitrogen and oxygen atoms in total. The van der Waals surface area contributed by atoms with E-state index in [1.807, 2.05) is 10.9 Å². The highest BCUT2D eigenvalue weighted by Gasteiger charge is 2.31. The van der Waals surface area contributed by atoms with Gasteiger partial charge >= 0.3 is 0 Å². The summed E-state index contributed by atoms with van der Waals surface area (Å²) in [5, 5.41) is 7.90. The predicted molar refractivity (Wildman–Crippen MR) is 110 cm³/mol. The Morgan fingerprint density at radius 1 is 1.21 bits per heavy atom. The summed E-state index contributed by atoms with van der Waals surface area (Å²) in [5.41, 5.74) is 11.1. The van der Waals surface area contributed by atoms with Crippen LogP contribution in [0.2, 0.25) is 0 Å². The molecule has 0 saturated carbocycles. The Labute approximate surface area is 167 Å². The summed E-state index contributed by atoms with van der Waals surface area (Å²) in [6.45, 7) is 8.75. The van der Waals surface area contributed by atoms with Gasteiger partial charge in [0.15, 0.2) is 0 Å². The standard InChI is InChI=1S/C22H31N5O/c1-14-12-19(26-25-14)21(28)24-18-6-5-7-20-17(18)13-23-27(20)16-10-8-15(9-11-16)22(2,3)4/h8-11,13-14,18-19,25-26H,5-7,12H2,1-4H3,(H,24,28). The van der Waals surface area contributed by atoms with Gasteiger partial charge in [0.1, 0.15) is 6.04 Å². The van der Waals surface area contributed by atoms with E-state index >= 15 is 0 Å². The molecule has 1 saturated heterocycles. The van der Waals surface area contributed by atoms with E-state index < -0.39 is 0 Å². The molecule has 2 aromatic rings. The molecule has 2 heterocycles. The van der Waals surface area contributed by atoms with E-state index in [1.54, 1.807) is 0 Å². The van der Waals surface area contributed by atoms with E-state index in [-0.39, 0.29) is 23.4 Å². The fourth-order valence-electron chi connectivity index (χ4n) is 4.19. The molecule has 0 bridgehead atoms. The van der Waals surface area contributed by atoms with Crippen LogP contribution in [0.15, 0.2) is 30.5 Å². The number of nitrogens with zero attached hydrogens (tertiary/aromatic N) is 2. The monoisotopic (exact) mass is 381 g/mol. The first-order chi connectivity index (χ1) is 13.3. The minimum atomic E-state index is -0.166. The molecule has 28 heavy (non-hydrogen) atoms. The van der Waals surface area contributed by atoms with Crippen molar-refractivity contribution in [2.45, 2.75) is 76.9 Å². The van der Waals surface area contributed by atoms with Crippen molar-refractivity contribution in [3.63, 3.8) is 0 Å². The number of hydrogen-bond donors (Lipinski definition) is 3. The fourth-order valence-corrected chi connectivity index (χ4v) is 4.19. The zero-order valence-electron chi connectivity index (χ0n) is 17.2. The Balaban J connectivity index is 1.54. The van der Waals surface area contributed by atoms with Crippen molar-refractivity contribution in [3.8, 4) is 5.69 Å². The number of nitrogens with one attached hydrogen (secondary N) is 3. The lowest BCUT2D eigenvalue weighted by Crippen LogP contribution is -2.45. The van der Waals surface area contributed by atoms with Crippen molar-refractivity contribution < 1.29 is 4.79 Å². The normalized spacial score (nSPS) is 24.8. The fraction of sp³-hybridized carbons (Fsp3) is 0.545. The second-order valence-corrected chi connectivity index (χ2v) is 9.19. The third-order valence-electron chi connectivity index (χ3n) is 5.89. The van der Waals surface area contributed by atoms with E-state index in [4.69, 9.17) is 0 Å². The van der Waals surface area contributed by atoms with Crippen LogP contribution in [-0.4, -0.2) is 27.8 Å². The predicted octanol–water partition coefficient (Wildman–Crippen LogP) is 2.92. The second kappa shape index (κ2) is 7.33. The lowest BCUT2D eigenvalue weighted by molar-refractivity contribution is -0.123. The molecule has 1 amide bonds. The number of rotatable bonds is 3. The van der Waals surface area contributed by atoms with Crippen LogP contribution in [0.5, 0.6) is 0 Å². The Hall–Kier alpha value is -2.18. The summed E-state index contributed by atoms with van der Waals surface area (Å²) in [5.74, 6) is 0.0666. The van der Waals surface area contributed by atoms with Gasteiger partial charge in [-0.05, 0) is 55.7 Å². The van der Waals surface area contributed by atoms with Crippen LogP contribution in [-0.2, 0) is 16.6 Å². The Kier molecular flexibility index (Phi) is 5.02. The van der Waals surface area contributed by atoms with Crippen molar-refractivity contribution in [1.29, 1.82) is 0 Å². The van der Waals surface area contributed by atoms with Crippen LogP contribution in [0.25, 0.3) is 5.69 Å². The quantitative estimate of drug-likeness (QED) is 0.765. The first kappa shape index (κ1) is 19.2. The molecule has 2 aliphatic rings. The summed E-state index contributed by atoms with van der Waals surface area (Å²) in [4.78, 5) is 12.6. The zero-order chi connectivity index (χ0) is 19.9. The summed E-state index contributed by atoms with van der Waals surface area (Å²) in [6.07, 6.45) is 5.74. The van der Waals surface area contributed by atoms with Gasteiger partial charge in [0.25, 0.3) is 0 Å². The van der Waals surface area contributed by atoms with Crippen molar-refractivity contribution in [2.75, 3.05) is 0 Å². The molecule has 4 rings (SSSR count). The van der Waals surface area contributed by atoms with E-state index in [0.29, 0.717) is 6.04 Å². The van der Waals surface area contributed by atoms with E-state index in [0.717, 1.165) is 36.9 Å². The first-order valence-electron chi connectivity index (χ1n) is 10.3.